The highest BCUT2D eigenvalue weighted by molar-refractivity contribution is 5.96. The van der Waals surface area contributed by atoms with Gasteiger partial charge in [0, 0.05) is 6.20 Å². The van der Waals surface area contributed by atoms with Crippen LogP contribution in [0.3, 0.4) is 0 Å². The van der Waals surface area contributed by atoms with Crippen molar-refractivity contribution in [3.8, 4) is 5.75 Å². The molecular weight excluding hydrogens is 180 g/mol. The van der Waals surface area contributed by atoms with Gasteiger partial charge in [0.05, 0.1) is 0 Å². The van der Waals surface area contributed by atoms with E-state index >= 15 is 0 Å². The molecule has 0 saturated heterocycles. The van der Waals surface area contributed by atoms with Crippen LogP contribution in [0.1, 0.15) is 29.9 Å². The molecule has 14 heavy (non-hydrogen) atoms. The summed E-state index contributed by atoms with van der Waals surface area (Å²) in [5, 5.41) is 2.54. The smallest absolute Gasteiger partial charge is 0.276 e. The van der Waals surface area contributed by atoms with Gasteiger partial charge in [-0.15, -0.1) is 0 Å². The predicted molar refractivity (Wildman–Crippen MR) is 53.3 cm³/mol. The first-order valence-corrected chi connectivity index (χ1v) is 4.65. The van der Waals surface area contributed by atoms with Gasteiger partial charge in [-0.05, 0) is 18.6 Å². The highest BCUT2D eigenvalue weighted by Gasteiger charge is 2.20. The number of aromatic nitrogens is 1. The van der Waals surface area contributed by atoms with Crippen molar-refractivity contribution < 1.29 is 9.53 Å². The number of nitrogens with one attached hydrogen (secondary N) is 1. The second-order valence-electron chi connectivity index (χ2n) is 2.60. The third-order valence-corrected chi connectivity index (χ3v) is 1.77. The van der Waals surface area contributed by atoms with Crippen molar-refractivity contribution in [3.05, 3.63) is 23.5 Å². The number of fused-ring (bicyclic) bond motifs is 1. The summed E-state index contributed by atoms with van der Waals surface area (Å²) in [6.07, 6.45) is 1.60. The number of nitrogens with zero attached hydrogens (tertiary/aromatic N) is 1. The molecule has 2 rings (SSSR count). The van der Waals surface area contributed by atoms with E-state index in [1.54, 1.807) is 6.20 Å². The van der Waals surface area contributed by atoms with Gasteiger partial charge in [-0.2, -0.15) is 0 Å². The summed E-state index contributed by atoms with van der Waals surface area (Å²) in [5.74, 6) is 0.432. The Kier molecular flexibility index (Phi) is 3.45. The number of hydrogen-bond donors (Lipinski definition) is 1. The topological polar surface area (TPSA) is 51.2 Å². The SMILES string of the molecule is CC.Cc1ccnc2c1OCNC2=O. The quantitative estimate of drug-likeness (QED) is 0.680. The highest BCUT2D eigenvalue weighted by atomic mass is 16.5. The van der Waals surface area contributed by atoms with Gasteiger partial charge in [0.15, 0.2) is 18.2 Å². The lowest BCUT2D eigenvalue weighted by Gasteiger charge is -2.17. The average Bonchev–Trinajstić information content (AvgIpc) is 2.23. The Balaban J connectivity index is 0.000000461. The van der Waals surface area contributed by atoms with E-state index in [-0.39, 0.29) is 12.6 Å². The first-order valence-electron chi connectivity index (χ1n) is 4.65. The Hall–Kier alpha value is -1.58. The monoisotopic (exact) mass is 194 g/mol. The van der Waals surface area contributed by atoms with Crippen molar-refractivity contribution in [1.82, 2.24) is 10.3 Å². The number of pyridine rings is 1. The second-order valence-corrected chi connectivity index (χ2v) is 2.60. The van der Waals surface area contributed by atoms with Gasteiger partial charge in [0.25, 0.3) is 5.91 Å². The lowest BCUT2D eigenvalue weighted by atomic mass is 10.2. The zero-order valence-electron chi connectivity index (χ0n) is 8.63. The Morgan fingerprint density at radius 3 is 2.86 bits per heavy atom. The average molecular weight is 194 g/mol. The van der Waals surface area contributed by atoms with Gasteiger partial charge in [0.2, 0.25) is 0 Å². The number of amides is 1. The van der Waals surface area contributed by atoms with E-state index in [1.807, 2.05) is 26.8 Å². The van der Waals surface area contributed by atoms with Crippen molar-refractivity contribution >= 4 is 5.91 Å². The second kappa shape index (κ2) is 4.60. The van der Waals surface area contributed by atoms with Crippen LogP contribution in [0.25, 0.3) is 0 Å². The van der Waals surface area contributed by atoms with E-state index in [2.05, 4.69) is 10.3 Å². The number of aryl methyl sites for hydroxylation is 1. The summed E-state index contributed by atoms with van der Waals surface area (Å²) < 4.78 is 5.23. The Morgan fingerprint density at radius 1 is 1.50 bits per heavy atom. The van der Waals surface area contributed by atoms with Crippen LogP contribution >= 0.6 is 0 Å². The van der Waals surface area contributed by atoms with Crippen LogP contribution in [-0.2, 0) is 0 Å². The molecule has 0 spiro atoms. The summed E-state index contributed by atoms with van der Waals surface area (Å²) in [6, 6.07) is 1.82. The fourth-order valence-corrected chi connectivity index (χ4v) is 1.15. The van der Waals surface area contributed by atoms with E-state index in [4.69, 9.17) is 4.74 Å². The number of carbonyl (C=O) groups is 1. The van der Waals surface area contributed by atoms with Crippen LogP contribution in [-0.4, -0.2) is 17.6 Å². The number of ether oxygens (including phenoxy) is 1. The minimum atomic E-state index is -0.167. The van der Waals surface area contributed by atoms with Gasteiger partial charge >= 0.3 is 0 Å². The fourth-order valence-electron chi connectivity index (χ4n) is 1.15. The minimum Gasteiger partial charge on any atom is -0.470 e. The maximum absolute atomic E-state index is 11.2. The Morgan fingerprint density at radius 2 is 2.21 bits per heavy atom. The van der Waals surface area contributed by atoms with E-state index in [1.165, 1.54) is 0 Å². The van der Waals surface area contributed by atoms with Gasteiger partial charge in [-0.25, -0.2) is 4.98 Å². The molecule has 1 aliphatic rings. The van der Waals surface area contributed by atoms with Crippen molar-refractivity contribution in [2.24, 2.45) is 0 Å². The molecule has 0 atom stereocenters. The lowest BCUT2D eigenvalue weighted by molar-refractivity contribution is 0.0875. The van der Waals surface area contributed by atoms with Crippen LogP contribution in [0.5, 0.6) is 5.75 Å². The van der Waals surface area contributed by atoms with Gasteiger partial charge < -0.3 is 10.1 Å². The first kappa shape index (κ1) is 10.5. The number of rotatable bonds is 0. The van der Waals surface area contributed by atoms with Crippen LogP contribution in [0.15, 0.2) is 12.3 Å². The van der Waals surface area contributed by atoms with Gasteiger partial charge in [0.1, 0.15) is 0 Å². The lowest BCUT2D eigenvalue weighted by Crippen LogP contribution is -2.34. The summed E-state index contributed by atoms with van der Waals surface area (Å²) in [5.41, 5.74) is 1.32. The van der Waals surface area contributed by atoms with Crippen molar-refractivity contribution in [1.29, 1.82) is 0 Å². The molecule has 0 fully saturated rings. The van der Waals surface area contributed by atoms with E-state index in [9.17, 15) is 4.79 Å². The van der Waals surface area contributed by atoms with Crippen LogP contribution < -0.4 is 10.1 Å². The molecule has 1 amide bonds. The predicted octanol–water partition coefficient (Wildman–Crippen LogP) is 1.50. The van der Waals surface area contributed by atoms with Crippen molar-refractivity contribution in [2.75, 3.05) is 6.73 Å². The van der Waals surface area contributed by atoms with Crippen LogP contribution in [0.4, 0.5) is 0 Å². The molecule has 0 unspecified atom stereocenters. The molecule has 0 radical (unpaired) electrons. The van der Waals surface area contributed by atoms with E-state index in [0.29, 0.717) is 11.4 Å². The molecule has 2 heterocycles. The van der Waals surface area contributed by atoms with Crippen LogP contribution in [0.2, 0.25) is 0 Å². The third-order valence-electron chi connectivity index (χ3n) is 1.77. The zero-order chi connectivity index (χ0) is 10.6. The molecule has 76 valence electrons. The number of carbonyl (C=O) groups excluding carboxylic acids is 1. The molecule has 1 aliphatic heterocycles. The summed E-state index contributed by atoms with van der Waals surface area (Å²) in [6.45, 7) is 6.12. The molecule has 4 heteroatoms. The molecule has 1 N–H and O–H groups in total. The largest absolute Gasteiger partial charge is 0.470 e. The summed E-state index contributed by atoms with van der Waals surface area (Å²) >= 11 is 0. The molecular formula is C10H14N2O2. The Bertz CT molecular complexity index is 337. The van der Waals surface area contributed by atoms with Gasteiger partial charge in [-0.3, -0.25) is 4.79 Å². The molecule has 0 bridgehead atoms. The maximum Gasteiger partial charge on any atom is 0.276 e. The summed E-state index contributed by atoms with van der Waals surface area (Å²) in [7, 11) is 0. The standard InChI is InChI=1S/C8H8N2O2.C2H6/c1-5-2-3-9-6-7(5)12-4-10-8(6)11;1-2/h2-3H,4H2,1H3,(H,10,11);1-2H3. The zero-order valence-corrected chi connectivity index (χ0v) is 8.63. The molecule has 1 aromatic heterocycles. The van der Waals surface area contributed by atoms with Crippen molar-refractivity contribution in [3.63, 3.8) is 0 Å². The van der Waals surface area contributed by atoms with Crippen molar-refractivity contribution in [2.45, 2.75) is 20.8 Å². The Labute approximate surface area is 83.3 Å². The highest BCUT2D eigenvalue weighted by Crippen LogP contribution is 2.22. The molecule has 0 saturated carbocycles. The fraction of sp³-hybridized carbons (Fsp3) is 0.400. The molecule has 1 aromatic rings. The molecule has 0 aliphatic carbocycles. The van der Waals surface area contributed by atoms with E-state index < -0.39 is 0 Å². The van der Waals surface area contributed by atoms with Gasteiger partial charge in [-0.1, -0.05) is 13.8 Å². The maximum atomic E-state index is 11.2. The first-order chi connectivity index (χ1) is 6.79. The molecule has 4 nitrogen and oxygen atoms in total. The third kappa shape index (κ3) is 1.84. The normalized spacial score (nSPS) is 12.9. The number of hydrogen-bond acceptors (Lipinski definition) is 3. The van der Waals surface area contributed by atoms with Crippen LogP contribution in [0, 0.1) is 6.92 Å². The minimum absolute atomic E-state index is 0.167. The molecule has 0 aromatic carbocycles. The summed E-state index contributed by atoms with van der Waals surface area (Å²) in [4.78, 5) is 15.1. The van der Waals surface area contributed by atoms with E-state index in [0.717, 1.165) is 5.56 Å².